The van der Waals surface area contributed by atoms with Gasteiger partial charge in [-0.25, -0.2) is 9.78 Å². The highest BCUT2D eigenvalue weighted by Crippen LogP contribution is 2.26. The van der Waals surface area contributed by atoms with Crippen molar-refractivity contribution in [1.29, 1.82) is 0 Å². The number of carbonyl (C=O) groups excluding carboxylic acids is 1. The van der Waals surface area contributed by atoms with Gasteiger partial charge in [0.05, 0.1) is 24.4 Å². The molecule has 0 radical (unpaired) electrons. The first kappa shape index (κ1) is 15.3. The maximum Gasteiger partial charge on any atom is 0.342 e. The van der Waals surface area contributed by atoms with Crippen LogP contribution in [-0.2, 0) is 11.3 Å². The second-order valence-corrected chi connectivity index (χ2v) is 5.83. The maximum atomic E-state index is 12.2. The summed E-state index contributed by atoms with van der Waals surface area (Å²) in [7, 11) is 3.05. The van der Waals surface area contributed by atoms with Crippen molar-refractivity contribution in [3.05, 3.63) is 53.0 Å². The van der Waals surface area contributed by atoms with Gasteiger partial charge < -0.3 is 14.2 Å². The zero-order valence-corrected chi connectivity index (χ0v) is 13.6. The van der Waals surface area contributed by atoms with E-state index in [0.29, 0.717) is 17.1 Å². The number of hydrogen-bond donors (Lipinski definition) is 0. The summed E-state index contributed by atoms with van der Waals surface area (Å²) in [4.78, 5) is 16.7. The minimum absolute atomic E-state index is 0.132. The second-order valence-electron chi connectivity index (χ2n) is 4.72. The molecule has 1 aromatic heterocycles. The van der Waals surface area contributed by atoms with Gasteiger partial charge in [-0.15, -0.1) is 11.3 Å². The molecule has 0 amide bonds. The van der Waals surface area contributed by atoms with Gasteiger partial charge in [0.25, 0.3) is 0 Å². The largest absolute Gasteiger partial charge is 0.497 e. The average molecular weight is 329 g/mol. The smallest absolute Gasteiger partial charge is 0.342 e. The number of methoxy groups -OCH3 is 2. The molecule has 0 saturated carbocycles. The third-order valence-electron chi connectivity index (χ3n) is 3.29. The highest BCUT2D eigenvalue weighted by molar-refractivity contribution is 7.18. The maximum absolute atomic E-state index is 12.2. The highest BCUT2D eigenvalue weighted by Gasteiger charge is 2.15. The number of rotatable bonds is 5. The molecule has 118 valence electrons. The van der Waals surface area contributed by atoms with E-state index in [1.807, 2.05) is 24.3 Å². The van der Waals surface area contributed by atoms with Crippen molar-refractivity contribution < 1.29 is 19.0 Å². The molecule has 0 saturated heterocycles. The lowest BCUT2D eigenvalue weighted by molar-refractivity contribution is 0.0469. The molecule has 1 heterocycles. The Morgan fingerprint density at radius 2 is 1.96 bits per heavy atom. The summed E-state index contributed by atoms with van der Waals surface area (Å²) in [5, 5.41) is 0.757. The van der Waals surface area contributed by atoms with Crippen molar-refractivity contribution >= 4 is 27.5 Å². The van der Waals surface area contributed by atoms with Crippen molar-refractivity contribution in [3.8, 4) is 11.5 Å². The van der Waals surface area contributed by atoms with E-state index in [9.17, 15) is 4.79 Å². The number of para-hydroxylation sites is 1. The molecule has 23 heavy (non-hydrogen) atoms. The molecule has 0 N–H and O–H groups in total. The Hall–Kier alpha value is -2.60. The lowest BCUT2D eigenvalue weighted by atomic mass is 10.2. The van der Waals surface area contributed by atoms with Crippen LogP contribution in [0.15, 0.2) is 42.5 Å². The van der Waals surface area contributed by atoms with Crippen LogP contribution in [-0.4, -0.2) is 25.2 Å². The van der Waals surface area contributed by atoms with Crippen molar-refractivity contribution in [2.45, 2.75) is 6.61 Å². The summed E-state index contributed by atoms with van der Waals surface area (Å²) < 4.78 is 16.7. The van der Waals surface area contributed by atoms with Gasteiger partial charge in [-0.1, -0.05) is 12.1 Å². The Bertz CT molecular complexity index is 810. The van der Waals surface area contributed by atoms with E-state index >= 15 is 0 Å². The topological polar surface area (TPSA) is 57.7 Å². The zero-order chi connectivity index (χ0) is 16.2. The fourth-order valence-corrected chi connectivity index (χ4v) is 3.03. The Balaban J connectivity index is 1.74. The fraction of sp³-hybridized carbons (Fsp3) is 0.176. The van der Waals surface area contributed by atoms with Crippen LogP contribution in [0.25, 0.3) is 10.2 Å². The molecule has 0 unspecified atom stereocenters. The molecule has 2 aromatic carbocycles. The predicted octanol–water partition coefficient (Wildman–Crippen LogP) is 3.67. The molecule has 0 aliphatic rings. The van der Waals surface area contributed by atoms with E-state index in [0.717, 1.165) is 15.2 Å². The van der Waals surface area contributed by atoms with Gasteiger partial charge in [-0.05, 0) is 24.3 Å². The van der Waals surface area contributed by atoms with E-state index in [2.05, 4.69) is 4.98 Å². The zero-order valence-electron chi connectivity index (χ0n) is 12.7. The third-order valence-corrected chi connectivity index (χ3v) is 4.30. The van der Waals surface area contributed by atoms with Crippen LogP contribution in [0.2, 0.25) is 0 Å². The van der Waals surface area contributed by atoms with Crippen LogP contribution in [0.3, 0.4) is 0 Å². The molecule has 3 aromatic rings. The summed E-state index contributed by atoms with van der Waals surface area (Å²) >= 11 is 1.51. The molecular weight excluding hydrogens is 314 g/mol. The minimum atomic E-state index is -0.455. The summed E-state index contributed by atoms with van der Waals surface area (Å²) in [5.41, 5.74) is 1.26. The average Bonchev–Trinajstić information content (AvgIpc) is 3.02. The monoisotopic (exact) mass is 329 g/mol. The van der Waals surface area contributed by atoms with Crippen LogP contribution in [0, 0.1) is 0 Å². The second kappa shape index (κ2) is 6.66. The van der Waals surface area contributed by atoms with Gasteiger partial charge in [0, 0.05) is 6.07 Å². The first-order valence-corrected chi connectivity index (χ1v) is 7.76. The van der Waals surface area contributed by atoms with Gasteiger partial charge in [-0.2, -0.15) is 0 Å². The molecule has 5 nitrogen and oxygen atoms in total. The van der Waals surface area contributed by atoms with E-state index in [1.54, 1.807) is 25.3 Å². The Labute approximate surface area is 137 Å². The van der Waals surface area contributed by atoms with Crippen LogP contribution in [0.5, 0.6) is 11.5 Å². The molecule has 0 aliphatic carbocycles. The number of hydrogen-bond acceptors (Lipinski definition) is 6. The minimum Gasteiger partial charge on any atom is -0.497 e. The normalized spacial score (nSPS) is 10.5. The highest BCUT2D eigenvalue weighted by atomic mass is 32.1. The summed E-state index contributed by atoms with van der Waals surface area (Å²) in [6.45, 7) is 0.132. The van der Waals surface area contributed by atoms with E-state index in [-0.39, 0.29) is 6.61 Å². The predicted molar refractivity (Wildman–Crippen MR) is 88.3 cm³/mol. The van der Waals surface area contributed by atoms with Crippen LogP contribution in [0.4, 0.5) is 0 Å². The SMILES string of the molecule is COc1ccc(C(=O)OCc2nc3ccccc3s2)c(OC)c1. The van der Waals surface area contributed by atoms with E-state index in [1.165, 1.54) is 18.4 Å². The standard InChI is InChI=1S/C17H15NO4S/c1-20-11-7-8-12(14(9-11)21-2)17(19)22-10-16-18-13-5-3-4-6-15(13)23-16/h3-9H,10H2,1-2H3. The number of carbonyl (C=O) groups is 1. The van der Waals surface area contributed by atoms with E-state index in [4.69, 9.17) is 14.2 Å². The Kier molecular flexibility index (Phi) is 4.43. The van der Waals surface area contributed by atoms with Crippen molar-refractivity contribution in [2.24, 2.45) is 0 Å². The number of nitrogens with zero attached hydrogens (tertiary/aromatic N) is 1. The third kappa shape index (κ3) is 3.27. The Morgan fingerprint density at radius 3 is 2.70 bits per heavy atom. The summed E-state index contributed by atoms with van der Waals surface area (Å²) in [6.07, 6.45) is 0. The molecule has 0 fully saturated rings. The molecule has 6 heteroatoms. The first-order chi connectivity index (χ1) is 11.2. The molecule has 0 spiro atoms. The molecular formula is C17H15NO4S. The fourth-order valence-electron chi connectivity index (χ4n) is 2.15. The number of thiazole rings is 1. The van der Waals surface area contributed by atoms with Crippen LogP contribution in [0.1, 0.15) is 15.4 Å². The number of aromatic nitrogens is 1. The van der Waals surface area contributed by atoms with Gasteiger partial charge >= 0.3 is 5.97 Å². The van der Waals surface area contributed by atoms with Crippen molar-refractivity contribution in [3.63, 3.8) is 0 Å². The molecule has 0 aliphatic heterocycles. The van der Waals surface area contributed by atoms with E-state index < -0.39 is 5.97 Å². The molecule has 3 rings (SSSR count). The van der Waals surface area contributed by atoms with Crippen molar-refractivity contribution in [2.75, 3.05) is 14.2 Å². The van der Waals surface area contributed by atoms with Crippen molar-refractivity contribution in [1.82, 2.24) is 4.98 Å². The van der Waals surface area contributed by atoms with Crippen LogP contribution >= 0.6 is 11.3 Å². The Morgan fingerprint density at radius 1 is 1.13 bits per heavy atom. The lowest BCUT2D eigenvalue weighted by Crippen LogP contribution is -2.07. The first-order valence-electron chi connectivity index (χ1n) is 6.95. The number of benzene rings is 2. The number of ether oxygens (including phenoxy) is 3. The van der Waals surface area contributed by atoms with Gasteiger partial charge in [-0.3, -0.25) is 0 Å². The summed E-state index contributed by atoms with van der Waals surface area (Å²) in [6, 6.07) is 12.8. The van der Waals surface area contributed by atoms with Gasteiger partial charge in [0.15, 0.2) is 0 Å². The molecule has 0 atom stereocenters. The van der Waals surface area contributed by atoms with Gasteiger partial charge in [0.1, 0.15) is 28.7 Å². The van der Waals surface area contributed by atoms with Crippen LogP contribution < -0.4 is 9.47 Å². The van der Waals surface area contributed by atoms with Gasteiger partial charge in [0.2, 0.25) is 0 Å². The number of fused-ring (bicyclic) bond motifs is 1. The quantitative estimate of drug-likeness (QED) is 0.669. The molecule has 0 bridgehead atoms. The number of esters is 1. The lowest BCUT2D eigenvalue weighted by Gasteiger charge is -2.09. The summed E-state index contributed by atoms with van der Waals surface area (Å²) in [5.74, 6) is 0.576.